The van der Waals surface area contributed by atoms with E-state index in [1.807, 2.05) is 12.1 Å². The van der Waals surface area contributed by atoms with Crippen LogP contribution in [0.1, 0.15) is 50.3 Å². The van der Waals surface area contributed by atoms with E-state index in [0.717, 1.165) is 35.5 Å². The van der Waals surface area contributed by atoms with E-state index in [1.165, 1.54) is 24.6 Å². The Morgan fingerprint density at radius 1 is 1.23 bits per heavy atom. The van der Waals surface area contributed by atoms with Crippen molar-refractivity contribution in [1.29, 1.82) is 0 Å². The van der Waals surface area contributed by atoms with Crippen molar-refractivity contribution in [2.75, 3.05) is 0 Å². The molecule has 3 nitrogen and oxygen atoms in total. The minimum Gasteiger partial charge on any atom is -0.358 e. The lowest BCUT2D eigenvalue weighted by atomic mass is 9.84. The van der Waals surface area contributed by atoms with Gasteiger partial charge >= 0.3 is 0 Å². The summed E-state index contributed by atoms with van der Waals surface area (Å²) in [6.07, 6.45) is 6.54. The lowest BCUT2D eigenvalue weighted by molar-refractivity contribution is -0.121. The van der Waals surface area contributed by atoms with Gasteiger partial charge in [-0.1, -0.05) is 31.5 Å². The van der Waals surface area contributed by atoms with Crippen LogP contribution < -0.4 is 5.32 Å². The van der Waals surface area contributed by atoms with Gasteiger partial charge in [-0.25, -0.2) is 0 Å². The number of nitrogens with one attached hydrogen (secondary N) is 2. The lowest BCUT2D eigenvalue weighted by Crippen LogP contribution is -2.38. The molecule has 118 valence electrons. The molecule has 22 heavy (non-hydrogen) atoms. The number of rotatable bonds is 4. The number of H-pyrrole nitrogens is 1. The third kappa shape index (κ3) is 3.18. The van der Waals surface area contributed by atoms with Gasteiger partial charge in [-0.2, -0.15) is 0 Å². The second kappa shape index (κ2) is 6.55. The number of fused-ring (bicyclic) bond motifs is 1. The highest BCUT2D eigenvalue weighted by Crippen LogP contribution is 2.27. The standard InChI is InChI=1S/C19H26N2O/c1-3-14-8-10-15(11-9-14)21-19(22)12-17-13(2)20-18-7-5-4-6-16(17)18/h4-7,14-15,20H,3,8-12H2,1-2H3,(H,21,22). The second-order valence-corrected chi connectivity index (χ2v) is 6.64. The molecule has 0 unspecified atom stereocenters. The predicted molar refractivity (Wildman–Crippen MR) is 90.9 cm³/mol. The number of hydrogen-bond donors (Lipinski definition) is 2. The highest BCUT2D eigenvalue weighted by molar-refractivity contribution is 5.90. The first kappa shape index (κ1) is 15.1. The van der Waals surface area contributed by atoms with Crippen LogP contribution >= 0.6 is 0 Å². The van der Waals surface area contributed by atoms with Crippen molar-refractivity contribution >= 4 is 16.8 Å². The molecule has 3 rings (SSSR count). The van der Waals surface area contributed by atoms with Crippen LogP contribution in [0.25, 0.3) is 10.9 Å². The van der Waals surface area contributed by atoms with Crippen LogP contribution in [0.15, 0.2) is 24.3 Å². The third-order valence-corrected chi connectivity index (χ3v) is 5.15. The Morgan fingerprint density at radius 2 is 1.95 bits per heavy atom. The van der Waals surface area contributed by atoms with Crippen molar-refractivity contribution in [2.24, 2.45) is 5.92 Å². The summed E-state index contributed by atoms with van der Waals surface area (Å²) in [5.74, 6) is 1.02. The molecule has 1 aliphatic carbocycles. The van der Waals surface area contributed by atoms with E-state index in [0.29, 0.717) is 12.5 Å². The van der Waals surface area contributed by atoms with Crippen molar-refractivity contribution in [2.45, 2.75) is 58.4 Å². The van der Waals surface area contributed by atoms with Crippen molar-refractivity contribution in [1.82, 2.24) is 10.3 Å². The maximum atomic E-state index is 12.4. The van der Waals surface area contributed by atoms with Crippen LogP contribution in [0, 0.1) is 12.8 Å². The first-order valence-corrected chi connectivity index (χ1v) is 8.53. The van der Waals surface area contributed by atoms with Gasteiger partial charge in [0, 0.05) is 22.6 Å². The fourth-order valence-electron chi connectivity index (χ4n) is 3.72. The second-order valence-electron chi connectivity index (χ2n) is 6.64. The molecule has 1 heterocycles. The van der Waals surface area contributed by atoms with E-state index >= 15 is 0 Å². The largest absolute Gasteiger partial charge is 0.358 e. The van der Waals surface area contributed by atoms with Crippen molar-refractivity contribution in [3.8, 4) is 0 Å². The molecule has 0 atom stereocenters. The van der Waals surface area contributed by atoms with Gasteiger partial charge in [-0.3, -0.25) is 4.79 Å². The number of benzene rings is 1. The number of aromatic amines is 1. The summed E-state index contributed by atoms with van der Waals surface area (Å²) in [6.45, 7) is 4.32. The summed E-state index contributed by atoms with van der Waals surface area (Å²) in [6, 6.07) is 8.59. The molecular formula is C19H26N2O. The smallest absolute Gasteiger partial charge is 0.224 e. The monoisotopic (exact) mass is 298 g/mol. The average molecular weight is 298 g/mol. The molecule has 3 heteroatoms. The normalized spacial score (nSPS) is 21.9. The number of amides is 1. The zero-order chi connectivity index (χ0) is 15.5. The van der Waals surface area contributed by atoms with E-state index in [-0.39, 0.29) is 5.91 Å². The van der Waals surface area contributed by atoms with Crippen LogP contribution in [0.4, 0.5) is 0 Å². The number of aryl methyl sites for hydroxylation is 1. The number of hydrogen-bond acceptors (Lipinski definition) is 1. The summed E-state index contributed by atoms with van der Waals surface area (Å²) in [5.41, 5.74) is 3.35. The number of para-hydroxylation sites is 1. The summed E-state index contributed by atoms with van der Waals surface area (Å²) >= 11 is 0. The maximum absolute atomic E-state index is 12.4. The molecule has 0 saturated heterocycles. The molecule has 0 radical (unpaired) electrons. The van der Waals surface area contributed by atoms with Gasteiger partial charge in [0.15, 0.2) is 0 Å². The lowest BCUT2D eigenvalue weighted by Gasteiger charge is -2.28. The molecule has 0 bridgehead atoms. The summed E-state index contributed by atoms with van der Waals surface area (Å²) < 4.78 is 0. The summed E-state index contributed by atoms with van der Waals surface area (Å²) in [4.78, 5) is 15.8. The molecule has 1 aliphatic rings. The molecule has 0 aliphatic heterocycles. The van der Waals surface area contributed by atoms with Crippen molar-refractivity contribution in [3.05, 3.63) is 35.5 Å². The molecule has 1 aromatic carbocycles. The number of carbonyl (C=O) groups is 1. The first-order chi connectivity index (χ1) is 10.7. The fourth-order valence-corrected chi connectivity index (χ4v) is 3.72. The highest BCUT2D eigenvalue weighted by Gasteiger charge is 2.22. The minimum atomic E-state index is 0.160. The molecule has 1 fully saturated rings. The Labute approximate surface area is 132 Å². The molecular weight excluding hydrogens is 272 g/mol. The third-order valence-electron chi connectivity index (χ3n) is 5.15. The quantitative estimate of drug-likeness (QED) is 0.877. The molecule has 2 N–H and O–H groups in total. The Bertz CT molecular complexity index is 650. The zero-order valence-electron chi connectivity index (χ0n) is 13.6. The topological polar surface area (TPSA) is 44.9 Å². The Hall–Kier alpha value is -1.77. The highest BCUT2D eigenvalue weighted by atomic mass is 16.1. The SMILES string of the molecule is CCC1CCC(NC(=O)Cc2c(C)[nH]c3ccccc23)CC1. The van der Waals surface area contributed by atoms with Crippen LogP contribution in [0.3, 0.4) is 0 Å². The van der Waals surface area contributed by atoms with Gasteiger partial charge in [-0.15, -0.1) is 0 Å². The minimum absolute atomic E-state index is 0.160. The Kier molecular flexibility index (Phi) is 4.51. The van der Waals surface area contributed by atoms with Gasteiger partial charge in [0.2, 0.25) is 5.91 Å². The van der Waals surface area contributed by atoms with Gasteiger partial charge in [0.05, 0.1) is 6.42 Å². The maximum Gasteiger partial charge on any atom is 0.224 e. The number of aromatic nitrogens is 1. The van der Waals surface area contributed by atoms with E-state index in [1.54, 1.807) is 0 Å². The first-order valence-electron chi connectivity index (χ1n) is 8.53. The average Bonchev–Trinajstić information content (AvgIpc) is 2.84. The molecule has 1 aromatic heterocycles. The van der Waals surface area contributed by atoms with Crippen molar-refractivity contribution < 1.29 is 4.79 Å². The molecule has 1 amide bonds. The van der Waals surface area contributed by atoms with Crippen LogP contribution in [0.5, 0.6) is 0 Å². The van der Waals surface area contributed by atoms with Gasteiger partial charge < -0.3 is 10.3 Å². The molecule has 2 aromatic rings. The van der Waals surface area contributed by atoms with E-state index in [9.17, 15) is 4.79 Å². The van der Waals surface area contributed by atoms with Crippen molar-refractivity contribution in [3.63, 3.8) is 0 Å². The van der Waals surface area contributed by atoms with Crippen LogP contribution in [0.2, 0.25) is 0 Å². The molecule has 0 spiro atoms. The summed E-state index contributed by atoms with van der Waals surface area (Å²) in [7, 11) is 0. The van der Waals surface area contributed by atoms with Crippen LogP contribution in [-0.4, -0.2) is 16.9 Å². The predicted octanol–water partition coefficient (Wildman–Crippen LogP) is 4.10. The van der Waals surface area contributed by atoms with E-state index in [2.05, 4.69) is 36.3 Å². The molecule has 1 saturated carbocycles. The Balaban J connectivity index is 1.63. The van der Waals surface area contributed by atoms with Gasteiger partial charge in [0.25, 0.3) is 0 Å². The van der Waals surface area contributed by atoms with Gasteiger partial charge in [-0.05, 0) is 50.2 Å². The van der Waals surface area contributed by atoms with E-state index in [4.69, 9.17) is 0 Å². The van der Waals surface area contributed by atoms with Gasteiger partial charge in [0.1, 0.15) is 0 Å². The van der Waals surface area contributed by atoms with E-state index < -0.39 is 0 Å². The Morgan fingerprint density at radius 3 is 2.68 bits per heavy atom. The number of carbonyl (C=O) groups excluding carboxylic acids is 1. The fraction of sp³-hybridized carbons (Fsp3) is 0.526. The summed E-state index contributed by atoms with van der Waals surface area (Å²) in [5, 5.41) is 4.41. The van der Waals surface area contributed by atoms with Crippen LogP contribution in [-0.2, 0) is 11.2 Å². The zero-order valence-corrected chi connectivity index (χ0v) is 13.6.